The molecule has 0 bridgehead atoms. The van der Waals surface area contributed by atoms with Crippen molar-refractivity contribution in [2.75, 3.05) is 18.0 Å². The van der Waals surface area contributed by atoms with E-state index in [0.29, 0.717) is 31.7 Å². The second-order valence-electron chi connectivity index (χ2n) is 3.51. The first-order chi connectivity index (χ1) is 7.29. The van der Waals surface area contributed by atoms with Crippen LogP contribution in [0.3, 0.4) is 0 Å². The molecule has 1 aromatic rings. The van der Waals surface area contributed by atoms with Crippen molar-refractivity contribution < 1.29 is 4.39 Å². The van der Waals surface area contributed by atoms with Crippen LogP contribution < -0.4 is 4.90 Å². The van der Waals surface area contributed by atoms with Crippen LogP contribution in [0, 0.1) is 11.3 Å². The van der Waals surface area contributed by atoms with Gasteiger partial charge in [0, 0.05) is 19.3 Å². The van der Waals surface area contributed by atoms with Crippen LogP contribution in [-0.2, 0) is 0 Å². The predicted molar refractivity (Wildman–Crippen MR) is 53.1 cm³/mol. The zero-order chi connectivity index (χ0) is 10.7. The molecule has 0 unspecified atom stereocenters. The van der Waals surface area contributed by atoms with Gasteiger partial charge in [-0.3, -0.25) is 0 Å². The fourth-order valence-electron chi connectivity index (χ4n) is 1.66. The Kier molecular flexibility index (Phi) is 2.77. The van der Waals surface area contributed by atoms with Gasteiger partial charge in [0.1, 0.15) is 18.1 Å². The molecule has 0 aromatic carbocycles. The van der Waals surface area contributed by atoms with Gasteiger partial charge in [-0.25, -0.2) is 14.4 Å². The SMILES string of the molecule is N#Cc1nccc(N2CCC(F)CC2)n1. The number of nitriles is 1. The normalized spacial score (nSPS) is 17.5. The van der Waals surface area contributed by atoms with Crippen molar-refractivity contribution in [1.82, 2.24) is 9.97 Å². The monoisotopic (exact) mass is 206 g/mol. The van der Waals surface area contributed by atoms with Crippen molar-refractivity contribution in [3.05, 3.63) is 18.1 Å². The minimum Gasteiger partial charge on any atom is -0.356 e. The molecule has 0 aliphatic carbocycles. The third-order valence-electron chi connectivity index (χ3n) is 2.49. The Hall–Kier alpha value is -1.70. The predicted octanol–water partition coefficient (Wildman–Crippen LogP) is 1.29. The van der Waals surface area contributed by atoms with Gasteiger partial charge < -0.3 is 4.90 Å². The van der Waals surface area contributed by atoms with Gasteiger partial charge in [0.15, 0.2) is 0 Å². The first kappa shape index (κ1) is 9.84. The number of rotatable bonds is 1. The highest BCUT2D eigenvalue weighted by atomic mass is 19.1. The van der Waals surface area contributed by atoms with E-state index in [1.807, 2.05) is 11.0 Å². The zero-order valence-electron chi connectivity index (χ0n) is 8.23. The number of anilines is 1. The molecule has 1 aliphatic heterocycles. The van der Waals surface area contributed by atoms with E-state index in [4.69, 9.17) is 5.26 Å². The molecule has 0 radical (unpaired) electrons. The molecule has 1 saturated heterocycles. The molecule has 15 heavy (non-hydrogen) atoms. The summed E-state index contributed by atoms with van der Waals surface area (Å²) in [6.07, 6.45) is 1.93. The summed E-state index contributed by atoms with van der Waals surface area (Å²) in [4.78, 5) is 9.85. The molecule has 4 nitrogen and oxygen atoms in total. The number of alkyl halides is 1. The average molecular weight is 206 g/mol. The van der Waals surface area contributed by atoms with Crippen molar-refractivity contribution >= 4 is 5.82 Å². The molecular weight excluding hydrogens is 195 g/mol. The summed E-state index contributed by atoms with van der Waals surface area (Å²) < 4.78 is 12.9. The minimum absolute atomic E-state index is 0.162. The number of hydrogen-bond acceptors (Lipinski definition) is 4. The van der Waals surface area contributed by atoms with E-state index in [1.54, 1.807) is 12.3 Å². The molecule has 78 valence electrons. The molecular formula is C10H11FN4. The second kappa shape index (κ2) is 4.22. The molecule has 5 heteroatoms. The quantitative estimate of drug-likeness (QED) is 0.694. The fourth-order valence-corrected chi connectivity index (χ4v) is 1.66. The van der Waals surface area contributed by atoms with Gasteiger partial charge in [-0.1, -0.05) is 0 Å². The molecule has 2 heterocycles. The molecule has 2 rings (SSSR count). The Labute approximate surface area is 87.4 Å². The maximum absolute atomic E-state index is 12.9. The van der Waals surface area contributed by atoms with Gasteiger partial charge in [-0.05, 0) is 18.9 Å². The third-order valence-corrected chi connectivity index (χ3v) is 2.49. The summed E-state index contributed by atoms with van der Waals surface area (Å²) >= 11 is 0. The van der Waals surface area contributed by atoms with E-state index in [9.17, 15) is 4.39 Å². The Balaban J connectivity index is 2.12. The standard InChI is InChI=1S/C10H11FN4/c11-8-2-5-15(6-3-8)10-1-4-13-9(7-12)14-10/h1,4,8H,2-3,5-6H2. The van der Waals surface area contributed by atoms with Gasteiger partial charge in [0.25, 0.3) is 0 Å². The molecule has 0 spiro atoms. The maximum Gasteiger partial charge on any atom is 0.234 e. The van der Waals surface area contributed by atoms with Crippen molar-refractivity contribution in [2.45, 2.75) is 19.0 Å². The van der Waals surface area contributed by atoms with Crippen LogP contribution in [0.2, 0.25) is 0 Å². The largest absolute Gasteiger partial charge is 0.356 e. The molecule has 0 N–H and O–H groups in total. The molecule has 1 aromatic heterocycles. The summed E-state index contributed by atoms with van der Waals surface area (Å²) in [6, 6.07) is 3.64. The summed E-state index contributed by atoms with van der Waals surface area (Å²) in [7, 11) is 0. The number of aromatic nitrogens is 2. The van der Waals surface area contributed by atoms with Crippen molar-refractivity contribution in [1.29, 1.82) is 5.26 Å². The molecule has 1 aliphatic rings. The van der Waals surface area contributed by atoms with Gasteiger partial charge in [-0.15, -0.1) is 0 Å². The van der Waals surface area contributed by atoms with Crippen LogP contribution in [0.1, 0.15) is 18.7 Å². The van der Waals surface area contributed by atoms with Crippen LogP contribution in [-0.4, -0.2) is 29.2 Å². The summed E-state index contributed by atoms with van der Waals surface area (Å²) in [6.45, 7) is 1.31. The summed E-state index contributed by atoms with van der Waals surface area (Å²) in [5.41, 5.74) is 0. The van der Waals surface area contributed by atoms with E-state index in [1.165, 1.54) is 0 Å². The van der Waals surface area contributed by atoms with Crippen LogP contribution in [0.4, 0.5) is 10.2 Å². The molecule has 0 saturated carbocycles. The fraction of sp³-hybridized carbons (Fsp3) is 0.500. The number of hydrogen-bond donors (Lipinski definition) is 0. The summed E-state index contributed by atoms with van der Waals surface area (Å²) in [5.74, 6) is 0.878. The van der Waals surface area contributed by atoms with E-state index < -0.39 is 6.17 Å². The van der Waals surface area contributed by atoms with Gasteiger partial charge in [-0.2, -0.15) is 5.26 Å². The second-order valence-corrected chi connectivity index (χ2v) is 3.51. The van der Waals surface area contributed by atoms with E-state index in [0.717, 1.165) is 0 Å². The van der Waals surface area contributed by atoms with Crippen molar-refractivity contribution in [3.63, 3.8) is 0 Å². The lowest BCUT2D eigenvalue weighted by atomic mass is 10.1. The van der Waals surface area contributed by atoms with Gasteiger partial charge in [0.2, 0.25) is 5.82 Å². The zero-order valence-corrected chi connectivity index (χ0v) is 8.23. The van der Waals surface area contributed by atoms with E-state index in [-0.39, 0.29) is 5.82 Å². The number of nitrogens with zero attached hydrogens (tertiary/aromatic N) is 4. The summed E-state index contributed by atoms with van der Waals surface area (Å²) in [5, 5.41) is 8.65. The third kappa shape index (κ3) is 2.21. The Morgan fingerprint density at radius 1 is 1.47 bits per heavy atom. The highest BCUT2D eigenvalue weighted by Gasteiger charge is 2.19. The highest BCUT2D eigenvalue weighted by molar-refractivity contribution is 5.39. The lowest BCUT2D eigenvalue weighted by Crippen LogP contribution is -2.35. The molecule has 0 amide bonds. The first-order valence-corrected chi connectivity index (χ1v) is 4.92. The Morgan fingerprint density at radius 3 is 2.87 bits per heavy atom. The Bertz CT molecular complexity index is 379. The molecule has 1 fully saturated rings. The maximum atomic E-state index is 12.9. The highest BCUT2D eigenvalue weighted by Crippen LogP contribution is 2.18. The van der Waals surface area contributed by atoms with Crippen LogP contribution >= 0.6 is 0 Å². The lowest BCUT2D eigenvalue weighted by Gasteiger charge is -2.29. The van der Waals surface area contributed by atoms with Crippen molar-refractivity contribution in [3.8, 4) is 6.07 Å². The first-order valence-electron chi connectivity index (χ1n) is 4.92. The number of halogens is 1. The topological polar surface area (TPSA) is 52.8 Å². The number of piperidine rings is 1. The van der Waals surface area contributed by atoms with Crippen LogP contribution in [0.25, 0.3) is 0 Å². The van der Waals surface area contributed by atoms with Gasteiger partial charge in [0.05, 0.1) is 0 Å². The van der Waals surface area contributed by atoms with Crippen LogP contribution in [0.5, 0.6) is 0 Å². The van der Waals surface area contributed by atoms with E-state index in [2.05, 4.69) is 9.97 Å². The average Bonchev–Trinajstić information content (AvgIpc) is 2.30. The van der Waals surface area contributed by atoms with Gasteiger partial charge >= 0.3 is 0 Å². The van der Waals surface area contributed by atoms with Crippen LogP contribution in [0.15, 0.2) is 12.3 Å². The molecule has 0 atom stereocenters. The smallest absolute Gasteiger partial charge is 0.234 e. The lowest BCUT2D eigenvalue weighted by molar-refractivity contribution is 0.276. The van der Waals surface area contributed by atoms with Crippen molar-refractivity contribution in [2.24, 2.45) is 0 Å². The Morgan fingerprint density at radius 2 is 2.20 bits per heavy atom. The minimum atomic E-state index is -0.696. The van der Waals surface area contributed by atoms with E-state index >= 15 is 0 Å².